The van der Waals surface area contributed by atoms with Crippen molar-refractivity contribution in [1.29, 1.82) is 0 Å². The highest BCUT2D eigenvalue weighted by atomic mass is 35.5. The second-order valence-electron chi connectivity index (χ2n) is 3.05. The molecule has 78 valence electrons. The first-order valence-corrected chi connectivity index (χ1v) is 5.06. The predicted octanol–water partition coefficient (Wildman–Crippen LogP) is 1.22. The van der Waals surface area contributed by atoms with Gasteiger partial charge in [0, 0.05) is 17.1 Å². The molecule has 0 radical (unpaired) electrons. The first-order valence-electron chi connectivity index (χ1n) is 4.68. The number of guanidine groups is 1. The molecule has 5 heteroatoms. The third kappa shape index (κ3) is 2.70. The highest BCUT2D eigenvalue weighted by Crippen LogP contribution is 2.11. The van der Waals surface area contributed by atoms with E-state index >= 15 is 0 Å². The molecule has 1 aliphatic heterocycles. The molecule has 1 aromatic carbocycles. The first kappa shape index (κ1) is 9.98. The highest BCUT2D eigenvalue weighted by Gasteiger charge is 2.01. The Kier molecular flexibility index (Phi) is 3.19. The van der Waals surface area contributed by atoms with Crippen LogP contribution in [0.5, 0.6) is 0 Å². The van der Waals surface area contributed by atoms with Gasteiger partial charge >= 0.3 is 0 Å². The zero-order valence-corrected chi connectivity index (χ0v) is 8.83. The van der Waals surface area contributed by atoms with E-state index in [4.69, 9.17) is 11.6 Å². The van der Waals surface area contributed by atoms with E-state index in [0.717, 1.165) is 18.7 Å². The molecule has 0 saturated carbocycles. The van der Waals surface area contributed by atoms with Crippen LogP contribution in [0.25, 0.3) is 0 Å². The summed E-state index contributed by atoms with van der Waals surface area (Å²) in [6.07, 6.45) is 1.67. The third-order valence-electron chi connectivity index (χ3n) is 1.95. The summed E-state index contributed by atoms with van der Waals surface area (Å²) < 4.78 is 0. The Morgan fingerprint density at radius 1 is 1.47 bits per heavy atom. The van der Waals surface area contributed by atoms with E-state index in [2.05, 4.69) is 20.8 Å². The van der Waals surface area contributed by atoms with Gasteiger partial charge in [-0.05, 0) is 6.07 Å². The first-order chi connectivity index (χ1) is 7.36. The number of aliphatic imine (C=N–C) groups is 1. The number of hydrazone groups is 1. The average Bonchev–Trinajstić information content (AvgIpc) is 2.74. The maximum absolute atomic E-state index is 5.95. The van der Waals surface area contributed by atoms with Crippen LogP contribution in [0.1, 0.15) is 5.56 Å². The van der Waals surface area contributed by atoms with Crippen LogP contribution < -0.4 is 10.7 Å². The van der Waals surface area contributed by atoms with Crippen molar-refractivity contribution in [3.8, 4) is 0 Å². The van der Waals surface area contributed by atoms with Gasteiger partial charge in [-0.15, -0.1) is 0 Å². The molecule has 0 bridgehead atoms. The van der Waals surface area contributed by atoms with Gasteiger partial charge in [0.25, 0.3) is 0 Å². The summed E-state index contributed by atoms with van der Waals surface area (Å²) in [4.78, 5) is 4.14. The van der Waals surface area contributed by atoms with Crippen molar-refractivity contribution in [3.63, 3.8) is 0 Å². The van der Waals surface area contributed by atoms with Crippen LogP contribution in [0.4, 0.5) is 0 Å². The second kappa shape index (κ2) is 4.79. The Morgan fingerprint density at radius 3 is 3.07 bits per heavy atom. The van der Waals surface area contributed by atoms with Crippen molar-refractivity contribution in [2.45, 2.75) is 0 Å². The second-order valence-corrected chi connectivity index (χ2v) is 3.46. The zero-order valence-electron chi connectivity index (χ0n) is 8.07. The molecule has 0 saturated heterocycles. The molecule has 1 aliphatic rings. The van der Waals surface area contributed by atoms with E-state index in [1.807, 2.05) is 24.3 Å². The Bertz CT molecular complexity index is 400. The van der Waals surface area contributed by atoms with Gasteiger partial charge in [0.2, 0.25) is 5.96 Å². The van der Waals surface area contributed by atoms with Crippen LogP contribution in [0.3, 0.4) is 0 Å². The lowest BCUT2D eigenvalue weighted by Crippen LogP contribution is -2.30. The maximum Gasteiger partial charge on any atom is 0.212 e. The Hall–Kier alpha value is -1.55. The standard InChI is InChI=1S/C10H11ClN4/c11-9-4-2-1-3-8(9)7-14-15-10-12-5-6-13-10/h1-4,7H,5-6H2,(H2,12,13,15). The fraction of sp³-hybridized carbons (Fsp3) is 0.200. The molecule has 0 fully saturated rings. The molecule has 1 heterocycles. The number of hydrogen-bond acceptors (Lipinski definition) is 4. The van der Waals surface area contributed by atoms with E-state index in [1.165, 1.54) is 0 Å². The molecule has 2 N–H and O–H groups in total. The quantitative estimate of drug-likeness (QED) is 0.584. The summed E-state index contributed by atoms with van der Waals surface area (Å²) in [7, 11) is 0. The lowest BCUT2D eigenvalue weighted by atomic mass is 10.2. The average molecular weight is 223 g/mol. The molecule has 0 atom stereocenters. The smallest absolute Gasteiger partial charge is 0.212 e. The van der Waals surface area contributed by atoms with Gasteiger partial charge in [-0.2, -0.15) is 5.10 Å². The lowest BCUT2D eigenvalue weighted by molar-refractivity contribution is 0.920. The van der Waals surface area contributed by atoms with Gasteiger partial charge in [-0.1, -0.05) is 29.8 Å². The number of hydrogen-bond donors (Lipinski definition) is 2. The van der Waals surface area contributed by atoms with Gasteiger partial charge in [-0.3, -0.25) is 0 Å². The number of benzene rings is 1. The van der Waals surface area contributed by atoms with Crippen LogP contribution in [-0.4, -0.2) is 25.3 Å². The fourth-order valence-corrected chi connectivity index (χ4v) is 1.40. The summed E-state index contributed by atoms with van der Waals surface area (Å²) in [6.45, 7) is 1.66. The minimum absolute atomic E-state index is 0.685. The van der Waals surface area contributed by atoms with Gasteiger partial charge in [0.15, 0.2) is 0 Å². The monoisotopic (exact) mass is 222 g/mol. The van der Waals surface area contributed by atoms with E-state index in [1.54, 1.807) is 6.21 Å². The molecule has 15 heavy (non-hydrogen) atoms. The number of nitrogens with zero attached hydrogens (tertiary/aromatic N) is 2. The maximum atomic E-state index is 5.95. The Labute approximate surface area is 93.0 Å². The topological polar surface area (TPSA) is 48.8 Å². The van der Waals surface area contributed by atoms with Crippen LogP contribution in [0, 0.1) is 0 Å². The molecule has 0 unspecified atom stereocenters. The molecule has 0 aliphatic carbocycles. The van der Waals surface area contributed by atoms with E-state index < -0.39 is 0 Å². The van der Waals surface area contributed by atoms with Crippen molar-refractivity contribution in [2.24, 2.45) is 10.1 Å². The summed E-state index contributed by atoms with van der Waals surface area (Å²) in [5.74, 6) is 0.707. The minimum atomic E-state index is 0.685. The molecule has 0 spiro atoms. The molecular formula is C10H11ClN4. The number of nitrogens with one attached hydrogen (secondary N) is 2. The van der Waals surface area contributed by atoms with Crippen LogP contribution >= 0.6 is 11.6 Å². The van der Waals surface area contributed by atoms with Gasteiger partial charge in [0.1, 0.15) is 0 Å². The lowest BCUT2D eigenvalue weighted by Gasteiger charge is -1.99. The number of rotatable bonds is 2. The van der Waals surface area contributed by atoms with Gasteiger partial charge < -0.3 is 5.32 Å². The molecule has 0 amide bonds. The van der Waals surface area contributed by atoms with E-state index in [9.17, 15) is 0 Å². The SMILES string of the molecule is Clc1ccccc1C=NNC1=NCCN1. The molecule has 0 aromatic heterocycles. The van der Waals surface area contributed by atoms with Crippen LogP contribution in [0.15, 0.2) is 34.4 Å². The fourth-order valence-electron chi connectivity index (χ4n) is 1.22. The van der Waals surface area contributed by atoms with Crippen molar-refractivity contribution in [2.75, 3.05) is 13.1 Å². The summed E-state index contributed by atoms with van der Waals surface area (Å²) in [5, 5.41) is 7.77. The van der Waals surface area contributed by atoms with Gasteiger partial charge in [0.05, 0.1) is 12.8 Å². The molecule has 1 aromatic rings. The summed E-state index contributed by atoms with van der Waals surface area (Å²) >= 11 is 5.95. The van der Waals surface area contributed by atoms with Crippen molar-refractivity contribution in [3.05, 3.63) is 34.9 Å². The highest BCUT2D eigenvalue weighted by molar-refractivity contribution is 6.33. The normalized spacial score (nSPS) is 15.1. The van der Waals surface area contributed by atoms with E-state index in [-0.39, 0.29) is 0 Å². The largest absolute Gasteiger partial charge is 0.353 e. The van der Waals surface area contributed by atoms with Gasteiger partial charge in [-0.25, -0.2) is 10.4 Å². The third-order valence-corrected chi connectivity index (χ3v) is 2.30. The summed E-state index contributed by atoms with van der Waals surface area (Å²) in [5.41, 5.74) is 3.69. The van der Waals surface area contributed by atoms with Crippen molar-refractivity contribution >= 4 is 23.8 Å². The predicted molar refractivity (Wildman–Crippen MR) is 62.5 cm³/mol. The Balaban J connectivity index is 1.96. The molecule has 4 nitrogen and oxygen atoms in total. The number of halogens is 1. The molecular weight excluding hydrogens is 212 g/mol. The molecule has 2 rings (SSSR count). The zero-order chi connectivity index (χ0) is 10.5. The van der Waals surface area contributed by atoms with Crippen LogP contribution in [-0.2, 0) is 0 Å². The summed E-state index contributed by atoms with van der Waals surface area (Å²) in [6, 6.07) is 7.53. The van der Waals surface area contributed by atoms with Crippen molar-refractivity contribution < 1.29 is 0 Å². The minimum Gasteiger partial charge on any atom is -0.353 e. The van der Waals surface area contributed by atoms with Crippen LogP contribution in [0.2, 0.25) is 5.02 Å². The van der Waals surface area contributed by atoms with E-state index in [0.29, 0.717) is 11.0 Å². The Morgan fingerprint density at radius 2 is 2.33 bits per heavy atom. The van der Waals surface area contributed by atoms with Crippen molar-refractivity contribution in [1.82, 2.24) is 10.7 Å².